The average Bonchev–Trinajstić information content (AvgIpc) is 3.08. The molecule has 1 saturated carbocycles. The van der Waals surface area contributed by atoms with Crippen LogP contribution in [0.25, 0.3) is 21.8 Å². The van der Waals surface area contributed by atoms with Gasteiger partial charge in [-0.1, -0.05) is 32.6 Å². The van der Waals surface area contributed by atoms with Crippen LogP contribution in [0.5, 0.6) is 0 Å². The van der Waals surface area contributed by atoms with Crippen molar-refractivity contribution in [1.82, 2.24) is 14.7 Å². The third kappa shape index (κ3) is 5.09. The highest BCUT2D eigenvalue weighted by molar-refractivity contribution is 7.89. The quantitative estimate of drug-likeness (QED) is 0.468. The van der Waals surface area contributed by atoms with Gasteiger partial charge in [-0.2, -0.15) is 0 Å². The minimum absolute atomic E-state index is 0.00561. The maximum Gasteiger partial charge on any atom is 0.303 e. The van der Waals surface area contributed by atoms with E-state index in [0.717, 1.165) is 36.5 Å². The number of aromatic nitrogens is 2. The average molecular weight is 434 g/mol. The molecule has 0 amide bonds. The predicted molar refractivity (Wildman–Crippen MR) is 116 cm³/mol. The Morgan fingerprint density at radius 2 is 1.80 bits per heavy atom. The number of sulfonamides is 1. The molecule has 0 radical (unpaired) electrons. The smallest absolute Gasteiger partial charge is 0.303 e. The third-order valence-electron chi connectivity index (χ3n) is 5.29. The van der Waals surface area contributed by atoms with Crippen LogP contribution in [0.2, 0.25) is 0 Å². The number of hydrogen-bond donors (Lipinski definition) is 4. The van der Waals surface area contributed by atoms with Crippen LogP contribution in [0.4, 0.5) is 0 Å². The van der Waals surface area contributed by atoms with Crippen molar-refractivity contribution < 1.29 is 18.3 Å². The van der Waals surface area contributed by atoms with Crippen LogP contribution in [0.3, 0.4) is 0 Å². The SMILES string of the molecule is CCC(=O)O.O=c1[nH]c2ccc(S(=O)(=O)NC3CCCCCC3)cc2c2cc[nH]c12. The highest BCUT2D eigenvalue weighted by Gasteiger charge is 2.22. The van der Waals surface area contributed by atoms with E-state index in [1.165, 1.54) is 12.8 Å². The maximum atomic E-state index is 12.8. The first-order valence-electron chi connectivity index (χ1n) is 10.2. The fourth-order valence-corrected chi connectivity index (χ4v) is 5.00. The van der Waals surface area contributed by atoms with Gasteiger partial charge in [-0.05, 0) is 37.1 Å². The fraction of sp³-hybridized carbons (Fsp3) is 0.429. The van der Waals surface area contributed by atoms with Crippen LogP contribution in [0.1, 0.15) is 51.9 Å². The van der Waals surface area contributed by atoms with Gasteiger partial charge in [-0.3, -0.25) is 9.59 Å². The number of pyridine rings is 1. The summed E-state index contributed by atoms with van der Waals surface area (Å²) in [6.45, 7) is 1.60. The van der Waals surface area contributed by atoms with Gasteiger partial charge in [0.25, 0.3) is 5.56 Å². The van der Waals surface area contributed by atoms with E-state index in [-0.39, 0.29) is 22.9 Å². The number of carbonyl (C=O) groups is 1. The zero-order chi connectivity index (χ0) is 21.7. The molecule has 8 nitrogen and oxygen atoms in total. The molecule has 0 spiro atoms. The molecule has 1 aliphatic carbocycles. The first-order chi connectivity index (χ1) is 14.3. The number of rotatable bonds is 4. The Hall–Kier alpha value is -2.65. The standard InChI is InChI=1S/C18H21N3O3S.C3H6O2/c22-18-17-14(9-10-19-17)15-11-13(7-8-16(15)20-18)25(23,24)21-12-5-3-1-2-4-6-12;1-2-3(4)5/h7-12,19,21H,1-6H2,(H,20,22);2H2,1H3,(H,4,5). The molecule has 162 valence electrons. The molecule has 0 atom stereocenters. The molecule has 4 rings (SSSR count). The lowest BCUT2D eigenvalue weighted by Crippen LogP contribution is -2.34. The van der Waals surface area contributed by atoms with Crippen LogP contribution >= 0.6 is 0 Å². The van der Waals surface area contributed by atoms with E-state index >= 15 is 0 Å². The molecule has 0 bridgehead atoms. The number of benzene rings is 1. The molecule has 4 N–H and O–H groups in total. The van der Waals surface area contributed by atoms with Crippen molar-refractivity contribution in [3.63, 3.8) is 0 Å². The van der Waals surface area contributed by atoms with Gasteiger partial charge in [0.15, 0.2) is 0 Å². The number of aliphatic carboxylic acids is 1. The molecule has 0 aliphatic heterocycles. The van der Waals surface area contributed by atoms with Gasteiger partial charge in [0.1, 0.15) is 5.52 Å². The maximum absolute atomic E-state index is 12.8. The number of H-pyrrole nitrogens is 2. The highest BCUT2D eigenvalue weighted by atomic mass is 32.2. The number of carboxylic acid groups (broad SMARTS) is 1. The van der Waals surface area contributed by atoms with Crippen LogP contribution in [-0.4, -0.2) is 35.5 Å². The molecular weight excluding hydrogens is 406 g/mol. The summed E-state index contributed by atoms with van der Waals surface area (Å²) in [5, 5.41) is 9.17. The number of aromatic amines is 2. The minimum atomic E-state index is -3.58. The Labute approximate surface area is 174 Å². The normalized spacial score (nSPS) is 15.5. The van der Waals surface area contributed by atoms with Crippen molar-refractivity contribution in [2.45, 2.75) is 62.8 Å². The van der Waals surface area contributed by atoms with E-state index in [2.05, 4.69) is 14.7 Å². The summed E-state index contributed by atoms with van der Waals surface area (Å²) in [7, 11) is -3.58. The summed E-state index contributed by atoms with van der Waals surface area (Å²) < 4.78 is 28.5. The van der Waals surface area contributed by atoms with Crippen molar-refractivity contribution in [2.75, 3.05) is 0 Å². The van der Waals surface area contributed by atoms with E-state index in [9.17, 15) is 18.0 Å². The van der Waals surface area contributed by atoms with Crippen molar-refractivity contribution in [1.29, 1.82) is 0 Å². The summed E-state index contributed by atoms with van der Waals surface area (Å²) in [5.41, 5.74) is 0.879. The monoisotopic (exact) mass is 433 g/mol. The molecule has 1 fully saturated rings. The van der Waals surface area contributed by atoms with Crippen LogP contribution in [0, 0.1) is 0 Å². The van der Waals surface area contributed by atoms with Gasteiger partial charge >= 0.3 is 5.97 Å². The van der Waals surface area contributed by atoms with E-state index in [1.807, 2.05) is 0 Å². The summed E-state index contributed by atoms with van der Waals surface area (Å²) in [5.74, 6) is -0.745. The second-order valence-corrected chi connectivity index (χ2v) is 9.20. The van der Waals surface area contributed by atoms with Gasteiger partial charge in [-0.25, -0.2) is 13.1 Å². The first-order valence-corrected chi connectivity index (χ1v) is 11.7. The second-order valence-electron chi connectivity index (χ2n) is 7.48. The summed E-state index contributed by atoms with van der Waals surface area (Å²) in [6, 6.07) is 6.65. The molecule has 30 heavy (non-hydrogen) atoms. The van der Waals surface area contributed by atoms with Crippen molar-refractivity contribution >= 4 is 37.8 Å². The largest absolute Gasteiger partial charge is 0.481 e. The molecule has 0 unspecified atom stereocenters. The number of fused-ring (bicyclic) bond motifs is 3. The van der Waals surface area contributed by atoms with Gasteiger partial charge in [0.2, 0.25) is 10.0 Å². The van der Waals surface area contributed by atoms with Crippen LogP contribution in [-0.2, 0) is 14.8 Å². The lowest BCUT2D eigenvalue weighted by molar-refractivity contribution is -0.136. The lowest BCUT2D eigenvalue weighted by Gasteiger charge is -2.16. The zero-order valence-electron chi connectivity index (χ0n) is 16.9. The Morgan fingerprint density at radius 1 is 1.13 bits per heavy atom. The van der Waals surface area contributed by atoms with Crippen LogP contribution < -0.4 is 10.3 Å². The number of nitrogens with one attached hydrogen (secondary N) is 3. The molecule has 0 saturated heterocycles. The number of carboxylic acids is 1. The summed E-state index contributed by atoms with van der Waals surface area (Å²) >= 11 is 0. The lowest BCUT2D eigenvalue weighted by atomic mass is 10.1. The van der Waals surface area contributed by atoms with E-state index in [0.29, 0.717) is 11.0 Å². The molecule has 2 aromatic heterocycles. The van der Waals surface area contributed by atoms with Gasteiger partial charge in [0.05, 0.1) is 4.90 Å². The number of hydrogen-bond acceptors (Lipinski definition) is 4. The van der Waals surface area contributed by atoms with Gasteiger partial charge in [0, 0.05) is 34.9 Å². The zero-order valence-corrected chi connectivity index (χ0v) is 17.7. The van der Waals surface area contributed by atoms with E-state index in [4.69, 9.17) is 5.11 Å². The van der Waals surface area contributed by atoms with Crippen LogP contribution in [0.15, 0.2) is 40.2 Å². The van der Waals surface area contributed by atoms with Gasteiger partial charge < -0.3 is 15.1 Å². The molecule has 9 heteroatoms. The predicted octanol–water partition coefficient (Wildman–Crippen LogP) is 3.49. The Morgan fingerprint density at radius 3 is 2.43 bits per heavy atom. The molecule has 1 aliphatic rings. The molecular formula is C21H27N3O5S. The Bertz CT molecular complexity index is 1190. The minimum Gasteiger partial charge on any atom is -0.481 e. The highest BCUT2D eigenvalue weighted by Crippen LogP contribution is 2.25. The third-order valence-corrected chi connectivity index (χ3v) is 6.81. The molecule has 2 heterocycles. The summed E-state index contributed by atoms with van der Waals surface area (Å²) in [6.07, 6.45) is 8.17. The van der Waals surface area contributed by atoms with E-state index in [1.54, 1.807) is 37.4 Å². The topological polar surface area (TPSA) is 132 Å². The molecule has 3 aromatic rings. The summed E-state index contributed by atoms with van der Waals surface area (Å²) in [4.78, 5) is 27.3. The molecule has 1 aromatic carbocycles. The van der Waals surface area contributed by atoms with Crippen molar-refractivity contribution in [3.8, 4) is 0 Å². The van der Waals surface area contributed by atoms with Crippen molar-refractivity contribution in [3.05, 3.63) is 40.8 Å². The Kier molecular flexibility index (Phi) is 6.94. The fourth-order valence-electron chi connectivity index (χ4n) is 3.67. The second kappa shape index (κ2) is 9.44. The van der Waals surface area contributed by atoms with Gasteiger partial charge in [-0.15, -0.1) is 0 Å². The van der Waals surface area contributed by atoms with Crippen molar-refractivity contribution in [2.24, 2.45) is 0 Å². The Balaban J connectivity index is 0.000000461. The first kappa shape index (κ1) is 22.0. The van der Waals surface area contributed by atoms with E-state index < -0.39 is 16.0 Å².